The van der Waals surface area contributed by atoms with Crippen molar-refractivity contribution in [2.45, 2.75) is 39.5 Å². The number of hydrogen-bond acceptors (Lipinski definition) is 4. The molecule has 2 aromatic rings. The Morgan fingerprint density at radius 1 is 1.10 bits per heavy atom. The minimum Gasteiger partial charge on any atom is -0.356 e. The van der Waals surface area contributed by atoms with E-state index in [4.69, 9.17) is 0 Å². The van der Waals surface area contributed by atoms with Crippen molar-refractivity contribution in [3.63, 3.8) is 0 Å². The number of aromatic nitrogens is 1. The second kappa shape index (κ2) is 11.2. The number of nitrogens with zero attached hydrogens (tertiary/aromatic N) is 3. The molecule has 2 rings (SSSR count). The largest absolute Gasteiger partial charge is 0.434 e. The lowest BCUT2D eigenvalue weighted by Crippen LogP contribution is -2.37. The maximum Gasteiger partial charge on any atom is 0.434 e. The molecule has 0 fully saturated rings. The van der Waals surface area contributed by atoms with Crippen LogP contribution < -0.4 is 10.6 Å². The van der Waals surface area contributed by atoms with Crippen molar-refractivity contribution in [2.24, 2.45) is 4.99 Å². The minimum absolute atomic E-state index is 0.404. The molecular weight excluding hydrogens is 399 g/mol. The quantitative estimate of drug-likeness (QED) is 0.471. The summed E-state index contributed by atoms with van der Waals surface area (Å²) in [4.78, 5) is 10.1. The van der Waals surface area contributed by atoms with E-state index in [9.17, 15) is 13.2 Å². The van der Waals surface area contributed by atoms with Crippen molar-refractivity contribution in [1.82, 2.24) is 20.5 Å². The van der Waals surface area contributed by atoms with Crippen LogP contribution >= 0.6 is 11.3 Å². The van der Waals surface area contributed by atoms with E-state index >= 15 is 0 Å². The molecule has 0 bridgehead atoms. The maximum atomic E-state index is 12.6. The zero-order chi connectivity index (χ0) is 21.3. The van der Waals surface area contributed by atoms with Crippen LogP contribution in [0.15, 0.2) is 34.6 Å². The van der Waals surface area contributed by atoms with Gasteiger partial charge in [0.1, 0.15) is 0 Å². The molecular formula is C20H28F3N5S. The van der Waals surface area contributed by atoms with Crippen molar-refractivity contribution >= 4 is 17.3 Å². The van der Waals surface area contributed by atoms with Crippen molar-refractivity contribution in [3.05, 3.63) is 51.5 Å². The third-order valence-electron chi connectivity index (χ3n) is 4.48. The van der Waals surface area contributed by atoms with Crippen LogP contribution in [-0.2, 0) is 25.7 Å². The summed E-state index contributed by atoms with van der Waals surface area (Å²) in [6.07, 6.45) is -3.98. The Labute approximate surface area is 174 Å². The van der Waals surface area contributed by atoms with E-state index in [1.54, 1.807) is 7.05 Å². The van der Waals surface area contributed by atoms with Gasteiger partial charge in [0.25, 0.3) is 0 Å². The fourth-order valence-electron chi connectivity index (χ4n) is 2.72. The molecule has 0 aliphatic heterocycles. The predicted octanol–water partition coefficient (Wildman–Crippen LogP) is 3.91. The highest BCUT2D eigenvalue weighted by molar-refractivity contribution is 7.09. The molecule has 1 aromatic carbocycles. The molecule has 0 aliphatic rings. The van der Waals surface area contributed by atoms with Gasteiger partial charge in [0.2, 0.25) is 0 Å². The summed E-state index contributed by atoms with van der Waals surface area (Å²) >= 11 is 1.02. The summed E-state index contributed by atoms with van der Waals surface area (Å²) in [7, 11) is 1.66. The molecule has 2 N–H and O–H groups in total. The first kappa shape index (κ1) is 23.2. The van der Waals surface area contributed by atoms with E-state index in [1.165, 1.54) is 5.56 Å². The van der Waals surface area contributed by atoms with Gasteiger partial charge in [-0.2, -0.15) is 13.2 Å². The number of guanidine groups is 1. The van der Waals surface area contributed by atoms with Gasteiger partial charge in [0.15, 0.2) is 11.7 Å². The third-order valence-corrected chi connectivity index (χ3v) is 5.39. The fourth-order valence-corrected chi connectivity index (χ4v) is 3.52. The molecule has 29 heavy (non-hydrogen) atoms. The van der Waals surface area contributed by atoms with Gasteiger partial charge in [-0.1, -0.05) is 38.1 Å². The van der Waals surface area contributed by atoms with E-state index in [0.29, 0.717) is 30.5 Å². The van der Waals surface area contributed by atoms with Gasteiger partial charge < -0.3 is 10.6 Å². The average Bonchev–Trinajstić information content (AvgIpc) is 3.19. The van der Waals surface area contributed by atoms with Crippen LogP contribution in [0.3, 0.4) is 0 Å². The Bertz CT molecular complexity index is 767. The van der Waals surface area contributed by atoms with Gasteiger partial charge in [-0.05, 0) is 24.2 Å². The van der Waals surface area contributed by atoms with Gasteiger partial charge in [0.05, 0.1) is 5.01 Å². The molecule has 0 atom stereocenters. The molecule has 160 valence electrons. The number of rotatable bonds is 9. The third kappa shape index (κ3) is 7.66. The molecule has 9 heteroatoms. The van der Waals surface area contributed by atoms with E-state index in [2.05, 4.69) is 63.6 Å². The van der Waals surface area contributed by atoms with Crippen LogP contribution in [0.5, 0.6) is 0 Å². The lowest BCUT2D eigenvalue weighted by molar-refractivity contribution is -0.140. The Hall–Kier alpha value is -2.13. The highest BCUT2D eigenvalue weighted by atomic mass is 32.1. The van der Waals surface area contributed by atoms with E-state index in [-0.39, 0.29) is 0 Å². The van der Waals surface area contributed by atoms with Crippen LogP contribution in [0.25, 0.3) is 0 Å². The van der Waals surface area contributed by atoms with Crippen LogP contribution in [0.1, 0.15) is 35.7 Å². The molecule has 5 nitrogen and oxygen atoms in total. The van der Waals surface area contributed by atoms with Gasteiger partial charge in [-0.3, -0.25) is 9.89 Å². The summed E-state index contributed by atoms with van der Waals surface area (Å²) in [5.74, 6) is 0.602. The van der Waals surface area contributed by atoms with E-state index < -0.39 is 11.9 Å². The maximum absolute atomic E-state index is 12.6. The topological polar surface area (TPSA) is 52.5 Å². The Balaban J connectivity index is 1.76. The summed E-state index contributed by atoms with van der Waals surface area (Å²) in [6.45, 7) is 8.37. The number of alkyl halides is 3. The van der Waals surface area contributed by atoms with Gasteiger partial charge in [-0.25, -0.2) is 4.98 Å². The standard InChI is InChI=1S/C20H28F3N5S/c1-4-28(5-2)13-16-8-6-15(7-9-16)12-26-19(24-3)25-11-10-18-27-17(14-29-18)20(21,22)23/h6-9,14H,4-5,10-13H2,1-3H3,(H2,24,25,26). The Morgan fingerprint density at radius 3 is 2.31 bits per heavy atom. The summed E-state index contributed by atoms with van der Waals surface area (Å²) in [6, 6.07) is 8.44. The predicted molar refractivity (Wildman–Crippen MR) is 112 cm³/mol. The van der Waals surface area contributed by atoms with Gasteiger partial charge >= 0.3 is 6.18 Å². The highest BCUT2D eigenvalue weighted by Crippen LogP contribution is 2.29. The molecule has 1 heterocycles. The summed E-state index contributed by atoms with van der Waals surface area (Å²) in [5.41, 5.74) is 1.58. The van der Waals surface area contributed by atoms with Gasteiger partial charge in [-0.15, -0.1) is 11.3 Å². The van der Waals surface area contributed by atoms with Crippen molar-refractivity contribution in [3.8, 4) is 0 Å². The second-order valence-corrected chi connectivity index (χ2v) is 7.45. The second-order valence-electron chi connectivity index (χ2n) is 6.50. The van der Waals surface area contributed by atoms with Crippen LogP contribution in [-0.4, -0.2) is 42.5 Å². The number of hydrogen-bond donors (Lipinski definition) is 2. The number of benzene rings is 1. The molecule has 1 aromatic heterocycles. The highest BCUT2D eigenvalue weighted by Gasteiger charge is 2.33. The number of thiazole rings is 1. The molecule has 0 saturated heterocycles. The fraction of sp³-hybridized carbons (Fsp3) is 0.500. The summed E-state index contributed by atoms with van der Waals surface area (Å²) in [5, 5.41) is 7.82. The Morgan fingerprint density at radius 2 is 1.76 bits per heavy atom. The van der Waals surface area contributed by atoms with Crippen molar-refractivity contribution < 1.29 is 13.2 Å². The van der Waals surface area contributed by atoms with Crippen LogP contribution in [0.4, 0.5) is 13.2 Å². The first-order valence-electron chi connectivity index (χ1n) is 9.62. The molecule has 0 aliphatic carbocycles. The van der Waals surface area contributed by atoms with Gasteiger partial charge in [0, 0.05) is 38.5 Å². The van der Waals surface area contributed by atoms with E-state index in [1.807, 2.05) is 0 Å². The van der Waals surface area contributed by atoms with E-state index in [0.717, 1.165) is 41.9 Å². The lowest BCUT2D eigenvalue weighted by atomic mass is 10.1. The normalized spacial score (nSPS) is 12.4. The molecule has 0 spiro atoms. The minimum atomic E-state index is -4.39. The lowest BCUT2D eigenvalue weighted by Gasteiger charge is -2.18. The average molecular weight is 428 g/mol. The molecule has 0 saturated carbocycles. The Kier molecular flexibility index (Phi) is 8.91. The zero-order valence-electron chi connectivity index (χ0n) is 17.0. The summed E-state index contributed by atoms with van der Waals surface area (Å²) < 4.78 is 37.8. The number of nitrogens with one attached hydrogen (secondary N) is 2. The first-order valence-corrected chi connectivity index (χ1v) is 10.5. The number of halogens is 3. The van der Waals surface area contributed by atoms with Crippen LogP contribution in [0.2, 0.25) is 0 Å². The van der Waals surface area contributed by atoms with Crippen molar-refractivity contribution in [2.75, 3.05) is 26.7 Å². The molecule has 0 amide bonds. The van der Waals surface area contributed by atoms with Crippen molar-refractivity contribution in [1.29, 1.82) is 0 Å². The first-order chi connectivity index (χ1) is 13.9. The van der Waals surface area contributed by atoms with Crippen LogP contribution in [0, 0.1) is 0 Å². The smallest absolute Gasteiger partial charge is 0.356 e. The number of aliphatic imine (C=N–C) groups is 1. The zero-order valence-corrected chi connectivity index (χ0v) is 17.8. The molecule has 0 unspecified atom stereocenters. The monoisotopic (exact) mass is 427 g/mol. The molecule has 0 radical (unpaired) electrons. The SMILES string of the molecule is CCN(CC)Cc1ccc(CNC(=NC)NCCc2nc(C(F)(F)F)cs2)cc1.